The molecule has 0 aliphatic carbocycles. The molecular formula is C16H20F2N2O3. The zero-order valence-electron chi connectivity index (χ0n) is 13.3. The average Bonchev–Trinajstić information content (AvgIpc) is 2.64. The average molecular weight is 326 g/mol. The lowest BCUT2D eigenvalue weighted by Gasteiger charge is -2.24. The maximum absolute atomic E-state index is 13.2. The van der Waals surface area contributed by atoms with Crippen LogP contribution in [0.3, 0.4) is 0 Å². The van der Waals surface area contributed by atoms with E-state index in [0.717, 1.165) is 17.0 Å². The summed E-state index contributed by atoms with van der Waals surface area (Å²) in [6.45, 7) is 5.19. The molecule has 0 aromatic heterocycles. The van der Waals surface area contributed by atoms with Crippen LogP contribution in [0.15, 0.2) is 18.2 Å². The second-order valence-electron chi connectivity index (χ2n) is 6.47. The van der Waals surface area contributed by atoms with E-state index in [1.807, 2.05) is 13.8 Å². The first kappa shape index (κ1) is 17.3. The van der Waals surface area contributed by atoms with Crippen LogP contribution in [0.25, 0.3) is 0 Å². The Bertz CT molecular complexity index is 636. The van der Waals surface area contributed by atoms with Crippen molar-refractivity contribution in [1.82, 2.24) is 10.2 Å². The third-order valence-electron chi connectivity index (χ3n) is 3.85. The minimum absolute atomic E-state index is 0.0990. The van der Waals surface area contributed by atoms with Gasteiger partial charge < -0.3 is 10.4 Å². The van der Waals surface area contributed by atoms with E-state index in [-0.39, 0.29) is 18.0 Å². The van der Waals surface area contributed by atoms with Gasteiger partial charge in [0, 0.05) is 0 Å². The van der Waals surface area contributed by atoms with E-state index < -0.39 is 35.2 Å². The number of hydrogen-bond acceptors (Lipinski definition) is 3. The van der Waals surface area contributed by atoms with Crippen molar-refractivity contribution in [2.24, 2.45) is 5.92 Å². The quantitative estimate of drug-likeness (QED) is 0.816. The Labute approximate surface area is 133 Å². The molecule has 23 heavy (non-hydrogen) atoms. The summed E-state index contributed by atoms with van der Waals surface area (Å²) in [7, 11) is 0. The van der Waals surface area contributed by atoms with Gasteiger partial charge in [-0.2, -0.15) is 0 Å². The summed E-state index contributed by atoms with van der Waals surface area (Å²) < 4.78 is 26.2. The maximum atomic E-state index is 13.2. The Hall–Kier alpha value is -2.02. The number of urea groups is 1. The van der Waals surface area contributed by atoms with E-state index in [0.29, 0.717) is 6.42 Å². The molecule has 1 aromatic carbocycles. The van der Waals surface area contributed by atoms with Gasteiger partial charge >= 0.3 is 6.03 Å². The van der Waals surface area contributed by atoms with Crippen molar-refractivity contribution in [3.63, 3.8) is 0 Å². The van der Waals surface area contributed by atoms with Gasteiger partial charge in [0.2, 0.25) is 0 Å². The number of carbonyl (C=O) groups excluding carboxylic acids is 2. The SMILES string of the molecule is CC(C)CC1(C)NC(=O)N(CC(O)c2ccc(F)c(F)c2)C1=O. The minimum Gasteiger partial charge on any atom is -0.387 e. The molecule has 1 aliphatic heterocycles. The van der Waals surface area contributed by atoms with Crippen molar-refractivity contribution >= 4 is 11.9 Å². The normalized spacial score (nSPS) is 22.7. The van der Waals surface area contributed by atoms with Gasteiger partial charge in [0.15, 0.2) is 11.6 Å². The van der Waals surface area contributed by atoms with Crippen LogP contribution in [0.5, 0.6) is 0 Å². The van der Waals surface area contributed by atoms with Crippen LogP contribution < -0.4 is 5.32 Å². The largest absolute Gasteiger partial charge is 0.387 e. The summed E-state index contributed by atoms with van der Waals surface area (Å²) >= 11 is 0. The first-order valence-electron chi connectivity index (χ1n) is 7.41. The molecule has 1 saturated heterocycles. The first-order chi connectivity index (χ1) is 10.6. The predicted octanol–water partition coefficient (Wildman–Crippen LogP) is 2.35. The van der Waals surface area contributed by atoms with Gasteiger partial charge in [-0.05, 0) is 37.0 Å². The number of carbonyl (C=O) groups is 2. The number of hydrogen-bond donors (Lipinski definition) is 2. The molecule has 1 aromatic rings. The van der Waals surface area contributed by atoms with Crippen LogP contribution in [0, 0.1) is 17.6 Å². The topological polar surface area (TPSA) is 69.6 Å². The highest BCUT2D eigenvalue weighted by atomic mass is 19.2. The lowest BCUT2D eigenvalue weighted by molar-refractivity contribution is -0.132. The van der Waals surface area contributed by atoms with Gasteiger partial charge in [0.05, 0.1) is 12.6 Å². The molecule has 2 atom stereocenters. The number of imide groups is 1. The van der Waals surface area contributed by atoms with Gasteiger partial charge in [-0.3, -0.25) is 9.69 Å². The fraction of sp³-hybridized carbons (Fsp3) is 0.500. The summed E-state index contributed by atoms with van der Waals surface area (Å²) in [6, 6.07) is 2.36. The highest BCUT2D eigenvalue weighted by Gasteiger charge is 2.48. The summed E-state index contributed by atoms with van der Waals surface area (Å²) in [6.07, 6.45) is -0.823. The van der Waals surface area contributed by atoms with E-state index in [1.165, 1.54) is 6.07 Å². The fourth-order valence-corrected chi connectivity index (χ4v) is 2.87. The molecule has 126 valence electrons. The van der Waals surface area contributed by atoms with Gasteiger partial charge in [-0.15, -0.1) is 0 Å². The van der Waals surface area contributed by atoms with E-state index in [1.54, 1.807) is 6.92 Å². The summed E-state index contributed by atoms with van der Waals surface area (Å²) in [4.78, 5) is 25.4. The van der Waals surface area contributed by atoms with Crippen LogP contribution in [-0.4, -0.2) is 34.0 Å². The maximum Gasteiger partial charge on any atom is 0.325 e. The van der Waals surface area contributed by atoms with Crippen molar-refractivity contribution < 1.29 is 23.5 Å². The minimum atomic E-state index is -1.29. The third kappa shape index (κ3) is 3.50. The Morgan fingerprint density at radius 1 is 1.26 bits per heavy atom. The van der Waals surface area contributed by atoms with Crippen molar-refractivity contribution in [2.45, 2.75) is 38.8 Å². The highest BCUT2D eigenvalue weighted by molar-refractivity contribution is 6.06. The van der Waals surface area contributed by atoms with E-state index in [4.69, 9.17) is 0 Å². The number of rotatable bonds is 5. The van der Waals surface area contributed by atoms with Gasteiger partial charge in [0.1, 0.15) is 5.54 Å². The van der Waals surface area contributed by atoms with Crippen molar-refractivity contribution in [2.75, 3.05) is 6.54 Å². The van der Waals surface area contributed by atoms with Crippen LogP contribution >= 0.6 is 0 Å². The highest BCUT2D eigenvalue weighted by Crippen LogP contribution is 2.27. The van der Waals surface area contributed by atoms with Gasteiger partial charge in [-0.1, -0.05) is 19.9 Å². The van der Waals surface area contributed by atoms with Crippen molar-refractivity contribution in [3.05, 3.63) is 35.4 Å². The number of nitrogens with zero attached hydrogens (tertiary/aromatic N) is 1. The molecule has 0 bridgehead atoms. The predicted molar refractivity (Wildman–Crippen MR) is 79.4 cm³/mol. The summed E-state index contributed by atoms with van der Waals surface area (Å²) in [5, 5.41) is 12.8. The number of amides is 3. The third-order valence-corrected chi connectivity index (χ3v) is 3.85. The van der Waals surface area contributed by atoms with E-state index in [2.05, 4.69) is 5.32 Å². The molecule has 1 heterocycles. The Balaban J connectivity index is 2.14. The lowest BCUT2D eigenvalue weighted by atomic mass is 9.91. The summed E-state index contributed by atoms with van der Waals surface area (Å²) in [5.74, 6) is -2.36. The lowest BCUT2D eigenvalue weighted by Crippen LogP contribution is -2.45. The second-order valence-corrected chi connectivity index (χ2v) is 6.47. The van der Waals surface area contributed by atoms with Crippen LogP contribution in [0.2, 0.25) is 0 Å². The molecule has 3 amide bonds. The fourth-order valence-electron chi connectivity index (χ4n) is 2.87. The number of nitrogens with one attached hydrogen (secondary N) is 1. The zero-order chi connectivity index (χ0) is 17.4. The van der Waals surface area contributed by atoms with Crippen LogP contribution in [0.4, 0.5) is 13.6 Å². The molecule has 2 unspecified atom stereocenters. The number of aliphatic hydroxyl groups excluding tert-OH is 1. The number of benzene rings is 1. The molecule has 2 rings (SSSR count). The van der Waals surface area contributed by atoms with Gasteiger partial charge in [0.25, 0.3) is 5.91 Å². The molecule has 1 fully saturated rings. The molecule has 7 heteroatoms. The summed E-state index contributed by atoms with van der Waals surface area (Å²) in [5.41, 5.74) is -0.916. The Morgan fingerprint density at radius 2 is 1.91 bits per heavy atom. The molecular weight excluding hydrogens is 306 g/mol. The molecule has 0 spiro atoms. The smallest absolute Gasteiger partial charge is 0.325 e. The molecule has 5 nitrogen and oxygen atoms in total. The number of aliphatic hydroxyl groups is 1. The van der Waals surface area contributed by atoms with Crippen LogP contribution in [0.1, 0.15) is 38.9 Å². The van der Waals surface area contributed by atoms with Crippen molar-refractivity contribution in [1.29, 1.82) is 0 Å². The van der Waals surface area contributed by atoms with Crippen LogP contribution in [-0.2, 0) is 4.79 Å². The molecule has 0 radical (unpaired) electrons. The molecule has 1 aliphatic rings. The molecule has 2 N–H and O–H groups in total. The first-order valence-corrected chi connectivity index (χ1v) is 7.41. The zero-order valence-corrected chi connectivity index (χ0v) is 13.3. The number of halogens is 2. The Kier molecular flexibility index (Phi) is 4.70. The van der Waals surface area contributed by atoms with E-state index >= 15 is 0 Å². The standard InChI is InChI=1S/C16H20F2N2O3/c1-9(2)7-16(3)14(22)20(15(23)19-16)8-13(21)10-4-5-11(17)12(18)6-10/h4-6,9,13,21H,7-8H2,1-3H3,(H,19,23). The second kappa shape index (κ2) is 6.23. The monoisotopic (exact) mass is 326 g/mol. The van der Waals surface area contributed by atoms with Gasteiger partial charge in [-0.25, -0.2) is 13.6 Å². The molecule has 0 saturated carbocycles. The van der Waals surface area contributed by atoms with E-state index in [9.17, 15) is 23.5 Å². The Morgan fingerprint density at radius 3 is 2.48 bits per heavy atom. The van der Waals surface area contributed by atoms with Crippen molar-refractivity contribution in [3.8, 4) is 0 Å². The number of β-amino-alcohol motifs (C(OH)–C–C–N with tert-alkyl or cyclic N) is 1.